The molecule has 3 heteroatoms. The molecule has 1 aliphatic carbocycles. The molecule has 0 aliphatic heterocycles. The fourth-order valence-electron chi connectivity index (χ4n) is 2.69. The summed E-state index contributed by atoms with van der Waals surface area (Å²) in [6.07, 6.45) is 3.00. The molecule has 0 aromatic carbocycles. The first-order valence-corrected chi connectivity index (χ1v) is 7.36. The minimum absolute atomic E-state index is 0.311. The van der Waals surface area contributed by atoms with Crippen molar-refractivity contribution in [2.75, 3.05) is 0 Å². The minimum atomic E-state index is -0.628. The Morgan fingerprint density at radius 3 is 2.33 bits per heavy atom. The molecule has 1 fully saturated rings. The van der Waals surface area contributed by atoms with Crippen molar-refractivity contribution < 1.29 is 5.11 Å². The van der Waals surface area contributed by atoms with E-state index in [1.807, 2.05) is 19.1 Å². The van der Waals surface area contributed by atoms with Crippen LogP contribution >= 0.6 is 11.3 Å². The molecule has 1 heterocycles. The zero-order chi connectivity index (χ0) is 13.4. The second-order valence-electron chi connectivity index (χ2n) is 6.28. The van der Waals surface area contributed by atoms with Crippen LogP contribution in [0.1, 0.15) is 55.4 Å². The molecule has 0 radical (unpaired) electrons. The number of hydrogen-bond donors (Lipinski definition) is 1. The molecule has 1 saturated carbocycles. The van der Waals surface area contributed by atoms with E-state index in [1.165, 1.54) is 4.88 Å². The van der Waals surface area contributed by atoms with Gasteiger partial charge < -0.3 is 5.11 Å². The molecular formula is C15H21NOS. The molecule has 1 N–H and O–H groups in total. The Bertz CT molecular complexity index is 459. The molecule has 1 aliphatic rings. The number of rotatable bonds is 2. The van der Waals surface area contributed by atoms with Gasteiger partial charge in [-0.15, -0.1) is 11.3 Å². The van der Waals surface area contributed by atoms with Gasteiger partial charge in [0.15, 0.2) is 0 Å². The van der Waals surface area contributed by atoms with Gasteiger partial charge in [-0.2, -0.15) is 5.26 Å². The van der Waals surface area contributed by atoms with E-state index in [-0.39, 0.29) is 0 Å². The van der Waals surface area contributed by atoms with Crippen LogP contribution in [-0.4, -0.2) is 5.11 Å². The Hall–Kier alpha value is -0.850. The summed E-state index contributed by atoms with van der Waals surface area (Å²) in [6.45, 7) is 6.52. The Labute approximate surface area is 113 Å². The zero-order valence-electron chi connectivity index (χ0n) is 11.4. The largest absolute Gasteiger partial charge is 0.386 e. The van der Waals surface area contributed by atoms with Gasteiger partial charge in [0.25, 0.3) is 0 Å². The highest BCUT2D eigenvalue weighted by Gasteiger charge is 2.44. The molecule has 1 aromatic heterocycles. The van der Waals surface area contributed by atoms with Crippen LogP contribution in [0.15, 0.2) is 12.1 Å². The summed E-state index contributed by atoms with van der Waals surface area (Å²) in [5, 5.41) is 20.1. The van der Waals surface area contributed by atoms with Gasteiger partial charge in [0, 0.05) is 9.75 Å². The van der Waals surface area contributed by atoms with Crippen LogP contribution in [0.3, 0.4) is 0 Å². The minimum Gasteiger partial charge on any atom is -0.386 e. The van der Waals surface area contributed by atoms with Gasteiger partial charge in [0.2, 0.25) is 0 Å². The van der Waals surface area contributed by atoms with Crippen molar-refractivity contribution in [2.45, 2.75) is 52.6 Å². The molecule has 0 amide bonds. The van der Waals surface area contributed by atoms with Gasteiger partial charge in [-0.3, -0.25) is 0 Å². The van der Waals surface area contributed by atoms with Crippen LogP contribution in [0.5, 0.6) is 0 Å². The molecule has 2 rings (SSSR count). The van der Waals surface area contributed by atoms with E-state index in [1.54, 1.807) is 11.3 Å². The third-order valence-corrected chi connectivity index (χ3v) is 5.33. The molecule has 1 aromatic rings. The van der Waals surface area contributed by atoms with Crippen LogP contribution < -0.4 is 0 Å². The van der Waals surface area contributed by atoms with Gasteiger partial charge >= 0.3 is 0 Å². The summed E-state index contributed by atoms with van der Waals surface area (Å²) >= 11 is 1.60. The number of thiophene rings is 1. The standard InChI is InChI=1S/C15H21NOS/c1-11-4-5-12(18-11)13(17)15(10-16)8-6-14(2,3)7-9-15/h4-5,13,17H,6-9H2,1-3H3. The van der Waals surface area contributed by atoms with Gasteiger partial charge in [-0.05, 0) is 50.2 Å². The lowest BCUT2D eigenvalue weighted by Crippen LogP contribution is -2.34. The third-order valence-electron chi connectivity index (χ3n) is 4.27. The molecule has 98 valence electrons. The summed E-state index contributed by atoms with van der Waals surface area (Å²) in [5.41, 5.74) is -0.266. The van der Waals surface area contributed by atoms with Crippen molar-refractivity contribution >= 4 is 11.3 Å². The Morgan fingerprint density at radius 1 is 1.28 bits per heavy atom. The predicted molar refractivity (Wildman–Crippen MR) is 74.3 cm³/mol. The third kappa shape index (κ3) is 2.46. The van der Waals surface area contributed by atoms with Gasteiger partial charge in [-0.25, -0.2) is 0 Å². The monoisotopic (exact) mass is 263 g/mol. The van der Waals surface area contributed by atoms with E-state index in [4.69, 9.17) is 0 Å². The normalized spacial score (nSPS) is 23.3. The lowest BCUT2D eigenvalue weighted by molar-refractivity contribution is 0.0117. The molecular weight excluding hydrogens is 242 g/mol. The lowest BCUT2D eigenvalue weighted by atomic mass is 9.63. The first-order valence-electron chi connectivity index (χ1n) is 6.54. The smallest absolute Gasteiger partial charge is 0.107 e. The predicted octanol–water partition coefficient (Wildman–Crippen LogP) is 4.20. The van der Waals surface area contributed by atoms with Crippen molar-refractivity contribution in [3.8, 4) is 6.07 Å². The number of hydrogen-bond acceptors (Lipinski definition) is 3. The zero-order valence-corrected chi connectivity index (χ0v) is 12.2. The Morgan fingerprint density at radius 2 is 1.89 bits per heavy atom. The summed E-state index contributed by atoms with van der Waals surface area (Å²) < 4.78 is 0. The summed E-state index contributed by atoms with van der Waals surface area (Å²) in [7, 11) is 0. The van der Waals surface area contributed by atoms with E-state index in [0.717, 1.165) is 30.6 Å². The topological polar surface area (TPSA) is 44.0 Å². The van der Waals surface area contributed by atoms with E-state index in [0.29, 0.717) is 5.41 Å². The first kappa shape index (κ1) is 13.6. The summed E-state index contributed by atoms with van der Waals surface area (Å²) in [5.74, 6) is 0. The van der Waals surface area contributed by atoms with Crippen molar-refractivity contribution in [3.05, 3.63) is 21.9 Å². The molecule has 0 bridgehead atoms. The maximum absolute atomic E-state index is 10.6. The van der Waals surface area contributed by atoms with Crippen LogP contribution in [0.4, 0.5) is 0 Å². The fourth-order valence-corrected chi connectivity index (χ4v) is 3.67. The fraction of sp³-hybridized carbons (Fsp3) is 0.667. The quantitative estimate of drug-likeness (QED) is 0.869. The SMILES string of the molecule is Cc1ccc(C(O)C2(C#N)CCC(C)(C)CC2)s1. The second kappa shape index (κ2) is 4.68. The number of aryl methyl sites for hydroxylation is 1. The van der Waals surface area contributed by atoms with Crippen molar-refractivity contribution in [2.24, 2.45) is 10.8 Å². The first-order chi connectivity index (χ1) is 8.38. The second-order valence-corrected chi connectivity index (χ2v) is 7.60. The average Bonchev–Trinajstić information content (AvgIpc) is 2.76. The highest BCUT2D eigenvalue weighted by Crippen LogP contribution is 2.51. The van der Waals surface area contributed by atoms with Crippen LogP contribution in [0, 0.1) is 29.1 Å². The van der Waals surface area contributed by atoms with Gasteiger partial charge in [-0.1, -0.05) is 13.8 Å². The molecule has 0 spiro atoms. The summed E-state index contributed by atoms with van der Waals surface area (Å²) in [4.78, 5) is 2.13. The number of nitrogens with zero attached hydrogens (tertiary/aromatic N) is 1. The van der Waals surface area contributed by atoms with Crippen LogP contribution in [-0.2, 0) is 0 Å². The van der Waals surface area contributed by atoms with E-state index in [2.05, 4.69) is 19.9 Å². The highest BCUT2D eigenvalue weighted by atomic mass is 32.1. The lowest BCUT2D eigenvalue weighted by Gasteiger charge is -2.41. The van der Waals surface area contributed by atoms with Crippen molar-refractivity contribution in [1.29, 1.82) is 5.26 Å². The maximum Gasteiger partial charge on any atom is 0.107 e. The molecule has 1 unspecified atom stereocenters. The number of aliphatic hydroxyl groups excluding tert-OH is 1. The van der Waals surface area contributed by atoms with Crippen molar-refractivity contribution in [3.63, 3.8) is 0 Å². The van der Waals surface area contributed by atoms with Gasteiger partial charge in [0.05, 0.1) is 11.5 Å². The number of nitriles is 1. The van der Waals surface area contributed by atoms with Crippen LogP contribution in [0.2, 0.25) is 0 Å². The average molecular weight is 263 g/mol. The van der Waals surface area contributed by atoms with E-state index < -0.39 is 11.5 Å². The molecule has 0 saturated heterocycles. The van der Waals surface area contributed by atoms with Crippen molar-refractivity contribution in [1.82, 2.24) is 0 Å². The Balaban J connectivity index is 2.22. The van der Waals surface area contributed by atoms with Gasteiger partial charge in [0.1, 0.15) is 6.10 Å². The number of aliphatic hydroxyl groups is 1. The maximum atomic E-state index is 10.6. The van der Waals surface area contributed by atoms with E-state index >= 15 is 0 Å². The van der Waals surface area contributed by atoms with E-state index in [9.17, 15) is 10.4 Å². The highest BCUT2D eigenvalue weighted by molar-refractivity contribution is 7.12. The molecule has 18 heavy (non-hydrogen) atoms. The molecule has 1 atom stereocenters. The van der Waals surface area contributed by atoms with Crippen LogP contribution in [0.25, 0.3) is 0 Å². The summed E-state index contributed by atoms with van der Waals surface area (Å²) in [6, 6.07) is 6.40. The molecule has 2 nitrogen and oxygen atoms in total. The Kier molecular flexibility index (Phi) is 3.53.